The van der Waals surface area contributed by atoms with Crippen LogP contribution in [0.3, 0.4) is 0 Å². The van der Waals surface area contributed by atoms with Crippen LogP contribution in [0.5, 0.6) is 11.5 Å². The monoisotopic (exact) mass is 227 g/mol. The van der Waals surface area contributed by atoms with E-state index >= 15 is 0 Å². The quantitative estimate of drug-likeness (QED) is 0.702. The number of hydrogen-bond acceptors (Lipinski definition) is 3. The molecule has 3 heteroatoms. The van der Waals surface area contributed by atoms with Crippen molar-refractivity contribution in [2.75, 3.05) is 5.32 Å². The van der Waals surface area contributed by atoms with Crippen molar-refractivity contribution in [2.45, 2.75) is 12.5 Å². The summed E-state index contributed by atoms with van der Waals surface area (Å²) in [5.41, 5.74) is 3.19. The predicted molar refractivity (Wildman–Crippen MR) is 66.3 cm³/mol. The van der Waals surface area contributed by atoms with E-state index in [4.69, 9.17) is 0 Å². The van der Waals surface area contributed by atoms with Gasteiger partial charge in [-0.25, -0.2) is 0 Å². The molecular formula is C14H13NO2. The summed E-state index contributed by atoms with van der Waals surface area (Å²) >= 11 is 0. The van der Waals surface area contributed by atoms with Crippen molar-refractivity contribution in [3.63, 3.8) is 0 Å². The highest BCUT2D eigenvalue weighted by Gasteiger charge is 2.23. The summed E-state index contributed by atoms with van der Waals surface area (Å²) in [5.74, 6) is 0.220. The van der Waals surface area contributed by atoms with E-state index in [-0.39, 0.29) is 17.5 Å². The summed E-state index contributed by atoms with van der Waals surface area (Å²) in [5, 5.41) is 22.5. The van der Waals surface area contributed by atoms with Crippen LogP contribution in [-0.4, -0.2) is 10.2 Å². The molecule has 1 unspecified atom stereocenters. The predicted octanol–water partition coefficient (Wildman–Crippen LogP) is 2.81. The van der Waals surface area contributed by atoms with Gasteiger partial charge < -0.3 is 15.5 Å². The minimum absolute atomic E-state index is 0.0769. The molecule has 1 aliphatic heterocycles. The van der Waals surface area contributed by atoms with Gasteiger partial charge in [-0.15, -0.1) is 0 Å². The average Bonchev–Trinajstić information content (AvgIpc) is 2.72. The minimum Gasteiger partial charge on any atom is -0.508 e. The van der Waals surface area contributed by atoms with E-state index in [0.717, 1.165) is 17.7 Å². The van der Waals surface area contributed by atoms with Crippen molar-refractivity contribution in [2.24, 2.45) is 0 Å². The zero-order chi connectivity index (χ0) is 11.8. The molecule has 0 radical (unpaired) electrons. The Morgan fingerprint density at radius 3 is 2.65 bits per heavy atom. The Balaban J connectivity index is 1.94. The fourth-order valence-electron chi connectivity index (χ4n) is 2.31. The molecule has 2 aromatic carbocycles. The first-order chi connectivity index (χ1) is 8.24. The Labute approximate surface area is 99.4 Å². The minimum atomic E-state index is 0.0769. The third-order valence-corrected chi connectivity index (χ3v) is 3.16. The van der Waals surface area contributed by atoms with Crippen LogP contribution in [-0.2, 0) is 6.42 Å². The van der Waals surface area contributed by atoms with E-state index in [2.05, 4.69) is 11.4 Å². The van der Waals surface area contributed by atoms with Crippen LogP contribution in [0.25, 0.3) is 0 Å². The van der Waals surface area contributed by atoms with Crippen molar-refractivity contribution in [3.05, 3.63) is 53.6 Å². The summed E-state index contributed by atoms with van der Waals surface area (Å²) in [6.07, 6.45) is 0.856. The maximum atomic E-state index is 9.83. The second kappa shape index (κ2) is 3.70. The molecule has 0 saturated carbocycles. The van der Waals surface area contributed by atoms with Gasteiger partial charge in [0, 0.05) is 17.3 Å². The van der Waals surface area contributed by atoms with Crippen molar-refractivity contribution in [1.82, 2.24) is 0 Å². The van der Waals surface area contributed by atoms with Gasteiger partial charge in [-0.05, 0) is 30.2 Å². The number of aromatic hydroxyl groups is 2. The van der Waals surface area contributed by atoms with Gasteiger partial charge in [0.05, 0.1) is 6.04 Å². The lowest BCUT2D eigenvalue weighted by Crippen LogP contribution is -2.05. The lowest BCUT2D eigenvalue weighted by atomic mass is 10.0. The molecule has 17 heavy (non-hydrogen) atoms. The fraction of sp³-hybridized carbons (Fsp3) is 0.143. The lowest BCUT2D eigenvalue weighted by molar-refractivity contribution is 0.443. The first kappa shape index (κ1) is 10.0. The van der Waals surface area contributed by atoms with Gasteiger partial charge in [0.2, 0.25) is 0 Å². The zero-order valence-corrected chi connectivity index (χ0v) is 9.22. The smallest absolute Gasteiger partial charge is 0.124 e. The summed E-state index contributed by atoms with van der Waals surface area (Å²) < 4.78 is 0. The molecule has 3 rings (SSSR count). The molecule has 1 aliphatic rings. The first-order valence-electron chi connectivity index (χ1n) is 5.60. The van der Waals surface area contributed by atoms with Crippen molar-refractivity contribution >= 4 is 5.69 Å². The largest absolute Gasteiger partial charge is 0.508 e. The molecule has 86 valence electrons. The van der Waals surface area contributed by atoms with E-state index in [0.29, 0.717) is 0 Å². The molecule has 0 fully saturated rings. The van der Waals surface area contributed by atoms with Crippen LogP contribution < -0.4 is 5.32 Å². The van der Waals surface area contributed by atoms with Crippen LogP contribution in [0.15, 0.2) is 42.5 Å². The van der Waals surface area contributed by atoms with Crippen LogP contribution in [0, 0.1) is 0 Å². The SMILES string of the molecule is Oc1ccc(C2Cc3ccccc3N2)c(O)c1. The average molecular weight is 227 g/mol. The van der Waals surface area contributed by atoms with E-state index in [1.807, 2.05) is 18.2 Å². The highest BCUT2D eigenvalue weighted by Crippen LogP contribution is 2.38. The number of benzene rings is 2. The molecule has 1 heterocycles. The molecule has 2 aromatic rings. The number of hydrogen-bond donors (Lipinski definition) is 3. The summed E-state index contributed by atoms with van der Waals surface area (Å²) in [7, 11) is 0. The normalized spacial score (nSPS) is 17.5. The Bertz CT molecular complexity index is 541. The molecule has 3 nitrogen and oxygen atoms in total. The van der Waals surface area contributed by atoms with E-state index in [1.54, 1.807) is 12.1 Å². The fourth-order valence-corrected chi connectivity index (χ4v) is 2.31. The number of anilines is 1. The second-order valence-electron chi connectivity index (χ2n) is 4.30. The number of phenolic OH excluding ortho intramolecular Hbond substituents is 2. The molecule has 1 atom stereocenters. The van der Waals surface area contributed by atoms with Gasteiger partial charge in [0.25, 0.3) is 0 Å². The van der Waals surface area contributed by atoms with Gasteiger partial charge in [0.15, 0.2) is 0 Å². The molecule has 0 spiro atoms. The molecule has 0 amide bonds. The Morgan fingerprint density at radius 1 is 1.06 bits per heavy atom. The van der Waals surface area contributed by atoms with Crippen LogP contribution in [0.1, 0.15) is 17.2 Å². The molecule has 0 aromatic heterocycles. The van der Waals surface area contributed by atoms with Crippen LogP contribution in [0.2, 0.25) is 0 Å². The van der Waals surface area contributed by atoms with Crippen LogP contribution in [0.4, 0.5) is 5.69 Å². The van der Waals surface area contributed by atoms with Gasteiger partial charge in [-0.3, -0.25) is 0 Å². The Kier molecular flexibility index (Phi) is 2.18. The van der Waals surface area contributed by atoms with E-state index in [1.165, 1.54) is 11.6 Å². The Hall–Kier alpha value is -2.16. The number of nitrogens with one attached hydrogen (secondary N) is 1. The number of phenols is 2. The van der Waals surface area contributed by atoms with Crippen molar-refractivity contribution < 1.29 is 10.2 Å². The van der Waals surface area contributed by atoms with Gasteiger partial charge in [-0.2, -0.15) is 0 Å². The summed E-state index contributed by atoms with van der Waals surface area (Å²) in [6, 6.07) is 12.9. The van der Waals surface area contributed by atoms with Gasteiger partial charge in [-0.1, -0.05) is 18.2 Å². The molecule has 0 saturated heterocycles. The maximum absolute atomic E-state index is 9.83. The third-order valence-electron chi connectivity index (χ3n) is 3.16. The highest BCUT2D eigenvalue weighted by molar-refractivity contribution is 5.59. The number of fused-ring (bicyclic) bond motifs is 1. The van der Waals surface area contributed by atoms with Gasteiger partial charge >= 0.3 is 0 Å². The summed E-state index contributed by atoms with van der Waals surface area (Å²) in [4.78, 5) is 0. The molecular weight excluding hydrogens is 214 g/mol. The third kappa shape index (κ3) is 1.69. The second-order valence-corrected chi connectivity index (χ2v) is 4.30. The first-order valence-corrected chi connectivity index (χ1v) is 5.60. The molecule has 3 N–H and O–H groups in total. The standard InChI is InChI=1S/C14H13NO2/c16-10-5-6-11(14(17)8-10)13-7-9-3-1-2-4-12(9)15-13/h1-6,8,13,15-17H,7H2. The van der Waals surface area contributed by atoms with Crippen molar-refractivity contribution in [1.29, 1.82) is 0 Å². The topological polar surface area (TPSA) is 52.5 Å². The van der Waals surface area contributed by atoms with E-state index in [9.17, 15) is 10.2 Å². The number of para-hydroxylation sites is 1. The Morgan fingerprint density at radius 2 is 1.88 bits per heavy atom. The molecule has 0 aliphatic carbocycles. The van der Waals surface area contributed by atoms with Crippen molar-refractivity contribution in [3.8, 4) is 11.5 Å². The highest BCUT2D eigenvalue weighted by atomic mass is 16.3. The van der Waals surface area contributed by atoms with Gasteiger partial charge in [0.1, 0.15) is 11.5 Å². The number of rotatable bonds is 1. The molecule has 0 bridgehead atoms. The lowest BCUT2D eigenvalue weighted by Gasteiger charge is -2.13. The van der Waals surface area contributed by atoms with E-state index < -0.39 is 0 Å². The van der Waals surface area contributed by atoms with Crippen LogP contribution >= 0.6 is 0 Å². The zero-order valence-electron chi connectivity index (χ0n) is 9.22. The summed E-state index contributed by atoms with van der Waals surface area (Å²) in [6.45, 7) is 0. The maximum Gasteiger partial charge on any atom is 0.124 e.